The largest absolute Gasteiger partial charge is 0.357 e. The first-order valence-electron chi connectivity index (χ1n) is 9.41. The molecule has 0 bridgehead atoms. The zero-order valence-corrected chi connectivity index (χ0v) is 16.4. The lowest BCUT2D eigenvalue weighted by atomic mass is 9.92. The third-order valence-corrected chi connectivity index (χ3v) is 4.75. The number of likely N-dealkylation sites (N-methyl/N-ethyl adjacent to an activating group) is 1. The molecule has 0 aromatic heterocycles. The summed E-state index contributed by atoms with van der Waals surface area (Å²) in [7, 11) is 1.51. The van der Waals surface area contributed by atoms with Crippen molar-refractivity contribution in [2.45, 2.75) is 45.2 Å². The van der Waals surface area contributed by atoms with Gasteiger partial charge in [-0.1, -0.05) is 38.2 Å². The first-order chi connectivity index (χ1) is 13.3. The fourth-order valence-electron chi connectivity index (χ4n) is 3.39. The fraction of sp³-hybridized carbons (Fsp3) is 0.500. The molecule has 8 nitrogen and oxygen atoms in total. The number of hydrogen-bond donors (Lipinski definition) is 4. The molecule has 0 saturated carbocycles. The van der Waals surface area contributed by atoms with Gasteiger partial charge in [0.1, 0.15) is 6.04 Å². The molecule has 3 amide bonds. The molecule has 1 heterocycles. The summed E-state index contributed by atoms with van der Waals surface area (Å²) in [5.74, 6) is -1.80. The number of fused-ring (bicyclic) bond motifs is 1. The summed E-state index contributed by atoms with van der Waals surface area (Å²) in [6, 6.07) is -0.820. The molecule has 4 N–H and O–H groups in total. The molecule has 28 heavy (non-hydrogen) atoms. The van der Waals surface area contributed by atoms with E-state index in [9.17, 15) is 14.4 Å². The van der Waals surface area contributed by atoms with Crippen LogP contribution in [-0.4, -0.2) is 48.3 Å². The molecule has 8 heteroatoms. The average molecular weight is 388 g/mol. The van der Waals surface area contributed by atoms with Gasteiger partial charge in [0.05, 0.1) is 6.04 Å². The molecule has 2 rings (SSSR count). The molecular weight excluding hydrogens is 360 g/mol. The molecule has 1 aliphatic carbocycles. The van der Waals surface area contributed by atoms with Gasteiger partial charge in [0, 0.05) is 32.0 Å². The Morgan fingerprint density at radius 2 is 1.96 bits per heavy atom. The number of allylic oxidation sites excluding steroid dienone is 2. The van der Waals surface area contributed by atoms with Crippen LogP contribution in [0.25, 0.3) is 0 Å². The summed E-state index contributed by atoms with van der Waals surface area (Å²) in [6.45, 7) is 3.88. The summed E-state index contributed by atoms with van der Waals surface area (Å²) in [4.78, 5) is 41.1. The second-order valence-electron chi connectivity index (χ2n) is 7.39. The van der Waals surface area contributed by atoms with Crippen molar-refractivity contribution < 1.29 is 19.6 Å². The van der Waals surface area contributed by atoms with E-state index in [2.05, 4.69) is 15.6 Å². The Hall–Kier alpha value is -2.74. The van der Waals surface area contributed by atoms with Crippen LogP contribution < -0.4 is 16.1 Å². The van der Waals surface area contributed by atoms with Crippen molar-refractivity contribution in [2.75, 3.05) is 7.05 Å². The summed E-state index contributed by atoms with van der Waals surface area (Å²) in [6.07, 6.45) is 10.1. The van der Waals surface area contributed by atoms with E-state index in [1.165, 1.54) is 7.05 Å². The highest BCUT2D eigenvalue weighted by Crippen LogP contribution is 2.26. The zero-order chi connectivity index (χ0) is 20.7. The number of carbonyl (C=O) groups excluding carboxylic acids is 3. The minimum absolute atomic E-state index is 0.0389. The topological polar surface area (TPSA) is 120 Å². The Kier molecular flexibility index (Phi) is 7.69. The predicted molar refractivity (Wildman–Crippen MR) is 106 cm³/mol. The number of amides is 3. The van der Waals surface area contributed by atoms with Gasteiger partial charge in [-0.3, -0.25) is 24.6 Å². The van der Waals surface area contributed by atoms with Crippen molar-refractivity contribution in [2.24, 2.45) is 16.8 Å². The Morgan fingerprint density at radius 1 is 1.21 bits per heavy atom. The summed E-state index contributed by atoms with van der Waals surface area (Å²) >= 11 is 0. The Bertz CT molecular complexity index is 736. The molecule has 1 aliphatic heterocycles. The number of rotatable bonds is 9. The van der Waals surface area contributed by atoms with E-state index in [0.29, 0.717) is 12.8 Å². The predicted octanol–water partition coefficient (Wildman–Crippen LogP) is 1.04. The highest BCUT2D eigenvalue weighted by molar-refractivity contribution is 5.92. The molecule has 0 spiro atoms. The van der Waals surface area contributed by atoms with Crippen molar-refractivity contribution in [3.63, 3.8) is 0 Å². The van der Waals surface area contributed by atoms with Gasteiger partial charge in [0.15, 0.2) is 0 Å². The van der Waals surface area contributed by atoms with Crippen LogP contribution >= 0.6 is 0 Å². The molecule has 0 aromatic carbocycles. The highest BCUT2D eigenvalue weighted by Gasteiger charge is 2.29. The third kappa shape index (κ3) is 5.63. The maximum absolute atomic E-state index is 12.8. The van der Waals surface area contributed by atoms with E-state index in [0.717, 1.165) is 11.1 Å². The van der Waals surface area contributed by atoms with E-state index in [1.54, 1.807) is 11.7 Å². The minimum Gasteiger partial charge on any atom is -0.357 e. The maximum atomic E-state index is 12.8. The average Bonchev–Trinajstić information content (AvgIpc) is 3.08. The summed E-state index contributed by atoms with van der Waals surface area (Å²) in [5, 5.41) is 14.1. The van der Waals surface area contributed by atoms with Crippen LogP contribution in [-0.2, 0) is 14.4 Å². The zero-order valence-electron chi connectivity index (χ0n) is 16.4. The van der Waals surface area contributed by atoms with E-state index in [-0.39, 0.29) is 30.2 Å². The SMILES string of the molecule is CNC(=O)C(CC1=C2C=CC=CC2N=C1)NC(=O)C(CC(=O)NO)CC(C)C. The minimum atomic E-state index is -0.781. The van der Waals surface area contributed by atoms with Gasteiger partial charge in [0.25, 0.3) is 0 Å². The lowest BCUT2D eigenvalue weighted by Crippen LogP contribution is -2.48. The van der Waals surface area contributed by atoms with Crippen molar-refractivity contribution in [3.8, 4) is 0 Å². The molecule has 0 saturated heterocycles. The van der Waals surface area contributed by atoms with E-state index < -0.39 is 17.9 Å². The Balaban J connectivity index is 2.14. The van der Waals surface area contributed by atoms with E-state index in [1.807, 2.05) is 38.2 Å². The number of nitrogens with one attached hydrogen (secondary N) is 3. The summed E-state index contributed by atoms with van der Waals surface area (Å²) < 4.78 is 0. The third-order valence-electron chi connectivity index (χ3n) is 4.75. The standard InChI is InChI=1S/C20H28N4O4/c1-12(2)8-13(10-18(25)24-28)19(26)23-17(20(27)21-3)9-14-11-22-16-7-5-4-6-15(14)16/h4-7,11-13,16-17,28H,8-10H2,1-3H3,(H,21,27)(H,23,26)(H,24,25). The van der Waals surface area contributed by atoms with Gasteiger partial charge in [-0.15, -0.1) is 0 Å². The molecule has 0 aromatic rings. The van der Waals surface area contributed by atoms with Crippen molar-refractivity contribution in [1.29, 1.82) is 0 Å². The van der Waals surface area contributed by atoms with Crippen LogP contribution in [0.2, 0.25) is 0 Å². The van der Waals surface area contributed by atoms with Crippen LogP contribution in [0.1, 0.15) is 33.1 Å². The Morgan fingerprint density at radius 3 is 2.61 bits per heavy atom. The molecule has 3 unspecified atom stereocenters. The van der Waals surface area contributed by atoms with Gasteiger partial charge in [0.2, 0.25) is 17.7 Å². The monoisotopic (exact) mass is 388 g/mol. The molecule has 0 fully saturated rings. The quantitative estimate of drug-likeness (QED) is 0.348. The number of aliphatic imine (C=N–C) groups is 1. The van der Waals surface area contributed by atoms with Crippen molar-refractivity contribution in [3.05, 3.63) is 35.5 Å². The van der Waals surface area contributed by atoms with E-state index in [4.69, 9.17) is 5.21 Å². The fourth-order valence-corrected chi connectivity index (χ4v) is 3.39. The molecular formula is C20H28N4O4. The normalized spacial score (nSPS) is 19.4. The highest BCUT2D eigenvalue weighted by atomic mass is 16.5. The second-order valence-corrected chi connectivity index (χ2v) is 7.39. The van der Waals surface area contributed by atoms with Crippen molar-refractivity contribution >= 4 is 23.9 Å². The first-order valence-corrected chi connectivity index (χ1v) is 9.41. The number of hydrogen-bond acceptors (Lipinski definition) is 5. The Labute approximate surface area is 164 Å². The number of nitrogens with zero attached hydrogens (tertiary/aromatic N) is 1. The van der Waals surface area contributed by atoms with E-state index >= 15 is 0 Å². The number of carbonyl (C=O) groups is 3. The maximum Gasteiger partial charge on any atom is 0.244 e. The second kappa shape index (κ2) is 9.98. The molecule has 0 radical (unpaired) electrons. The molecule has 3 atom stereocenters. The lowest BCUT2D eigenvalue weighted by Gasteiger charge is -2.23. The summed E-state index contributed by atoms with van der Waals surface area (Å²) in [5.41, 5.74) is 3.48. The van der Waals surface area contributed by atoms with Crippen LogP contribution in [0.15, 0.2) is 40.4 Å². The molecule has 2 aliphatic rings. The first kappa shape index (κ1) is 21.6. The van der Waals surface area contributed by atoms with Crippen LogP contribution in [0.5, 0.6) is 0 Å². The van der Waals surface area contributed by atoms with Crippen molar-refractivity contribution in [1.82, 2.24) is 16.1 Å². The van der Waals surface area contributed by atoms with Gasteiger partial charge in [-0.25, -0.2) is 5.48 Å². The van der Waals surface area contributed by atoms with Crippen LogP contribution in [0.4, 0.5) is 0 Å². The van der Waals surface area contributed by atoms with Crippen LogP contribution in [0.3, 0.4) is 0 Å². The molecule has 152 valence electrons. The lowest BCUT2D eigenvalue weighted by molar-refractivity contribution is -0.136. The van der Waals surface area contributed by atoms with Gasteiger partial charge >= 0.3 is 0 Å². The van der Waals surface area contributed by atoms with Gasteiger partial charge in [-0.05, 0) is 23.5 Å². The van der Waals surface area contributed by atoms with Gasteiger partial charge < -0.3 is 10.6 Å². The smallest absolute Gasteiger partial charge is 0.244 e. The van der Waals surface area contributed by atoms with Gasteiger partial charge in [-0.2, -0.15) is 0 Å². The number of hydroxylamine groups is 1. The van der Waals surface area contributed by atoms with Crippen LogP contribution in [0, 0.1) is 11.8 Å².